The van der Waals surface area contributed by atoms with Crippen molar-refractivity contribution in [2.24, 2.45) is 0 Å². The Balaban J connectivity index is 2.21. The third-order valence-corrected chi connectivity index (χ3v) is 5.94. The van der Waals surface area contributed by atoms with Crippen molar-refractivity contribution in [3.63, 3.8) is 0 Å². The van der Waals surface area contributed by atoms with Crippen LogP contribution in [0.4, 0.5) is 0 Å². The molecule has 0 aliphatic carbocycles. The average Bonchev–Trinajstić information content (AvgIpc) is 2.77. The highest BCUT2D eigenvalue weighted by Crippen LogP contribution is 2.35. The van der Waals surface area contributed by atoms with Crippen LogP contribution in [0.5, 0.6) is 0 Å². The van der Waals surface area contributed by atoms with E-state index in [9.17, 15) is 13.2 Å². The number of hydrogen-bond donors (Lipinski definition) is 0. The molecule has 0 saturated carbocycles. The lowest BCUT2D eigenvalue weighted by molar-refractivity contribution is -0.123. The first-order valence-electron chi connectivity index (χ1n) is 5.53. The fraction of sp³-hybridized carbons (Fsp3) is 0.455. The second-order valence-electron chi connectivity index (χ2n) is 4.16. The summed E-state index contributed by atoms with van der Waals surface area (Å²) in [6, 6.07) is -0.293. The van der Waals surface area contributed by atoms with Crippen LogP contribution in [0.15, 0.2) is 23.1 Å². The van der Waals surface area contributed by atoms with Gasteiger partial charge in [-0.3, -0.25) is 9.69 Å². The lowest BCUT2D eigenvalue weighted by atomic mass is 10.2. The number of thioether (sulfide) groups is 1. The highest BCUT2D eigenvalue weighted by atomic mass is 32.2. The lowest BCUT2D eigenvalue weighted by Gasteiger charge is -2.20. The van der Waals surface area contributed by atoms with Gasteiger partial charge in [0.05, 0.1) is 22.5 Å². The molecule has 98 valence electrons. The van der Waals surface area contributed by atoms with Crippen molar-refractivity contribution in [2.75, 3.05) is 11.5 Å². The number of amides is 1. The maximum Gasteiger partial charge on any atom is 0.266 e. The van der Waals surface area contributed by atoms with Gasteiger partial charge in [-0.1, -0.05) is 36.1 Å². The summed E-state index contributed by atoms with van der Waals surface area (Å²) in [4.78, 5) is 14.2. The van der Waals surface area contributed by atoms with Gasteiger partial charge < -0.3 is 0 Å². The molecule has 0 aromatic rings. The topological polar surface area (TPSA) is 54.5 Å². The molecule has 0 spiro atoms. The first-order valence-corrected chi connectivity index (χ1v) is 8.58. The van der Waals surface area contributed by atoms with Crippen LogP contribution in [-0.2, 0) is 14.6 Å². The van der Waals surface area contributed by atoms with E-state index >= 15 is 0 Å². The van der Waals surface area contributed by atoms with Crippen LogP contribution in [0, 0.1) is 0 Å². The minimum atomic E-state index is -3.01. The van der Waals surface area contributed by atoms with E-state index in [4.69, 9.17) is 12.2 Å². The summed E-state index contributed by atoms with van der Waals surface area (Å²) in [5.74, 6) is -0.0101. The molecule has 2 rings (SSSR count). The van der Waals surface area contributed by atoms with E-state index in [-0.39, 0.29) is 23.5 Å². The molecule has 2 fully saturated rings. The van der Waals surface area contributed by atoms with Gasteiger partial charge in [-0.15, -0.1) is 0 Å². The van der Waals surface area contributed by atoms with E-state index in [2.05, 4.69) is 0 Å². The van der Waals surface area contributed by atoms with E-state index in [1.165, 1.54) is 16.7 Å². The summed E-state index contributed by atoms with van der Waals surface area (Å²) >= 11 is 6.40. The zero-order chi connectivity index (χ0) is 13.3. The van der Waals surface area contributed by atoms with Crippen molar-refractivity contribution in [2.45, 2.75) is 19.4 Å². The maximum absolute atomic E-state index is 12.1. The summed E-state index contributed by atoms with van der Waals surface area (Å²) in [5, 5.41) is 0. The predicted molar refractivity (Wildman–Crippen MR) is 77.0 cm³/mol. The summed E-state index contributed by atoms with van der Waals surface area (Å²) in [6.07, 6.45) is 5.79. The molecule has 18 heavy (non-hydrogen) atoms. The van der Waals surface area contributed by atoms with Crippen LogP contribution in [0.3, 0.4) is 0 Å². The fourth-order valence-electron chi connectivity index (χ4n) is 1.97. The van der Waals surface area contributed by atoms with Crippen molar-refractivity contribution in [3.05, 3.63) is 23.1 Å². The van der Waals surface area contributed by atoms with Crippen molar-refractivity contribution >= 4 is 44.0 Å². The molecule has 0 aromatic heterocycles. The molecule has 0 aromatic carbocycles. The molecule has 2 aliphatic heterocycles. The van der Waals surface area contributed by atoms with Gasteiger partial charge >= 0.3 is 0 Å². The van der Waals surface area contributed by atoms with Gasteiger partial charge in [0.25, 0.3) is 5.91 Å². The van der Waals surface area contributed by atoms with Crippen LogP contribution in [0.1, 0.15) is 13.3 Å². The Morgan fingerprint density at radius 1 is 1.50 bits per heavy atom. The van der Waals surface area contributed by atoms with Gasteiger partial charge in [0.15, 0.2) is 9.84 Å². The highest BCUT2D eigenvalue weighted by molar-refractivity contribution is 8.26. The predicted octanol–water partition coefficient (Wildman–Crippen LogP) is 1.49. The molecule has 1 amide bonds. The van der Waals surface area contributed by atoms with Crippen LogP contribution in [0.2, 0.25) is 0 Å². The Labute approximate surface area is 116 Å². The van der Waals surface area contributed by atoms with Gasteiger partial charge in [0, 0.05) is 0 Å². The Morgan fingerprint density at radius 3 is 2.78 bits per heavy atom. The molecule has 2 aliphatic rings. The minimum absolute atomic E-state index is 0.0241. The maximum atomic E-state index is 12.1. The molecule has 2 saturated heterocycles. The summed E-state index contributed by atoms with van der Waals surface area (Å²) in [7, 11) is -3.01. The van der Waals surface area contributed by atoms with Gasteiger partial charge in [-0.2, -0.15) is 0 Å². The molecular formula is C11H13NO3S3. The Morgan fingerprint density at radius 2 is 2.22 bits per heavy atom. The molecule has 0 unspecified atom stereocenters. The number of carbonyl (C=O) groups excluding carboxylic acids is 1. The number of carbonyl (C=O) groups is 1. The molecule has 2 heterocycles. The molecular weight excluding hydrogens is 290 g/mol. The molecule has 0 radical (unpaired) electrons. The average molecular weight is 303 g/mol. The van der Waals surface area contributed by atoms with Gasteiger partial charge in [-0.25, -0.2) is 8.42 Å². The number of allylic oxidation sites excluding steroid dienone is 3. The van der Waals surface area contributed by atoms with Crippen molar-refractivity contribution in [3.8, 4) is 0 Å². The van der Waals surface area contributed by atoms with Crippen molar-refractivity contribution in [1.29, 1.82) is 0 Å². The van der Waals surface area contributed by atoms with E-state index < -0.39 is 9.84 Å². The molecule has 0 bridgehead atoms. The Bertz CT molecular complexity index is 548. The highest BCUT2D eigenvalue weighted by Gasteiger charge is 2.41. The van der Waals surface area contributed by atoms with E-state index in [1.54, 1.807) is 12.2 Å². The molecule has 7 heteroatoms. The van der Waals surface area contributed by atoms with Crippen LogP contribution in [0.25, 0.3) is 0 Å². The molecule has 1 atom stereocenters. The number of thiocarbonyl (C=S) groups is 1. The first-order chi connectivity index (χ1) is 8.44. The van der Waals surface area contributed by atoms with E-state index in [0.717, 1.165) is 0 Å². The van der Waals surface area contributed by atoms with Crippen LogP contribution < -0.4 is 0 Å². The van der Waals surface area contributed by atoms with Crippen LogP contribution >= 0.6 is 24.0 Å². The molecule has 0 N–H and O–H groups in total. The van der Waals surface area contributed by atoms with Gasteiger partial charge in [0.2, 0.25) is 0 Å². The SMILES string of the molecule is C/C=C/C=C1/SC(=S)N([C@@H]2CCS(=O)(=O)C2)C1=O. The summed E-state index contributed by atoms with van der Waals surface area (Å²) in [5.41, 5.74) is 0. The second kappa shape index (κ2) is 5.14. The smallest absolute Gasteiger partial charge is 0.266 e. The monoisotopic (exact) mass is 303 g/mol. The van der Waals surface area contributed by atoms with Crippen molar-refractivity contribution < 1.29 is 13.2 Å². The first kappa shape index (κ1) is 13.8. The van der Waals surface area contributed by atoms with E-state index in [1.807, 2.05) is 13.0 Å². The third kappa shape index (κ3) is 2.67. The quantitative estimate of drug-likeness (QED) is 0.571. The summed E-state index contributed by atoms with van der Waals surface area (Å²) in [6.45, 7) is 1.86. The van der Waals surface area contributed by atoms with Crippen LogP contribution in [-0.4, -0.2) is 41.1 Å². The minimum Gasteiger partial charge on any atom is -0.289 e. The lowest BCUT2D eigenvalue weighted by Crippen LogP contribution is -2.39. The third-order valence-electron chi connectivity index (χ3n) is 2.84. The molecule has 4 nitrogen and oxygen atoms in total. The van der Waals surface area contributed by atoms with E-state index in [0.29, 0.717) is 15.6 Å². The summed E-state index contributed by atoms with van der Waals surface area (Å²) < 4.78 is 23.4. The zero-order valence-corrected chi connectivity index (χ0v) is 12.3. The Kier molecular flexibility index (Phi) is 3.93. The fourth-order valence-corrected chi connectivity index (χ4v) is 5.02. The van der Waals surface area contributed by atoms with Crippen molar-refractivity contribution in [1.82, 2.24) is 4.90 Å². The number of rotatable bonds is 2. The second-order valence-corrected chi connectivity index (χ2v) is 8.06. The number of sulfone groups is 1. The standard InChI is InChI=1S/C11H13NO3S3/c1-2-3-4-9-10(13)12(11(16)17-9)8-5-6-18(14,15)7-8/h2-4,8H,5-7H2,1H3/b3-2+,9-4+/t8-/m1/s1. The van der Waals surface area contributed by atoms with Gasteiger partial charge in [-0.05, 0) is 19.4 Å². The number of nitrogens with zero attached hydrogens (tertiary/aromatic N) is 1. The largest absolute Gasteiger partial charge is 0.289 e. The Hall–Kier alpha value is -0.660. The normalized spacial score (nSPS) is 29.9. The number of hydrogen-bond acceptors (Lipinski definition) is 5. The zero-order valence-electron chi connectivity index (χ0n) is 9.83. The van der Waals surface area contributed by atoms with Gasteiger partial charge in [0.1, 0.15) is 4.32 Å².